The lowest BCUT2D eigenvalue weighted by Gasteiger charge is -2.35. The topological polar surface area (TPSA) is 99.8 Å². The van der Waals surface area contributed by atoms with E-state index in [1.165, 1.54) is 0 Å². The largest absolute Gasteiger partial charge is 0.376 e. The first-order valence-electron chi connectivity index (χ1n) is 10.3. The van der Waals surface area contributed by atoms with Gasteiger partial charge in [-0.2, -0.15) is 0 Å². The van der Waals surface area contributed by atoms with Crippen LogP contribution in [-0.2, 0) is 16.0 Å². The fourth-order valence-electron chi connectivity index (χ4n) is 3.66. The van der Waals surface area contributed by atoms with Gasteiger partial charge in [-0.15, -0.1) is 0 Å². The molecule has 2 aromatic rings. The number of ether oxygens (including phenoxy) is 2. The Morgan fingerprint density at radius 2 is 2.03 bits per heavy atom. The molecule has 1 atom stereocenters. The van der Waals surface area contributed by atoms with E-state index >= 15 is 0 Å². The van der Waals surface area contributed by atoms with E-state index in [-0.39, 0.29) is 17.2 Å². The Labute approximate surface area is 175 Å². The van der Waals surface area contributed by atoms with Crippen molar-refractivity contribution < 1.29 is 14.3 Å². The maximum absolute atomic E-state index is 12.4. The minimum atomic E-state index is -0.402. The second-order valence-corrected chi connectivity index (χ2v) is 7.46. The molecule has 160 valence electrons. The van der Waals surface area contributed by atoms with Crippen LogP contribution in [-0.4, -0.2) is 79.4 Å². The number of piperazine rings is 1. The number of pyridine rings is 2. The van der Waals surface area contributed by atoms with Crippen molar-refractivity contribution in [2.24, 2.45) is 0 Å². The van der Waals surface area contributed by atoms with Crippen molar-refractivity contribution in [1.29, 1.82) is 0 Å². The van der Waals surface area contributed by atoms with Gasteiger partial charge in [-0.1, -0.05) is 6.07 Å². The number of anilines is 1. The van der Waals surface area contributed by atoms with E-state index in [2.05, 4.69) is 25.1 Å². The highest BCUT2D eigenvalue weighted by Gasteiger charge is 2.20. The number of hydrogen-bond donors (Lipinski definition) is 2. The molecule has 2 fully saturated rings. The Morgan fingerprint density at radius 1 is 1.17 bits per heavy atom. The Morgan fingerprint density at radius 3 is 2.73 bits per heavy atom. The average molecular weight is 413 g/mol. The summed E-state index contributed by atoms with van der Waals surface area (Å²) in [7, 11) is 0. The van der Waals surface area contributed by atoms with E-state index in [4.69, 9.17) is 9.47 Å². The van der Waals surface area contributed by atoms with E-state index in [0.717, 1.165) is 37.7 Å². The van der Waals surface area contributed by atoms with Gasteiger partial charge in [-0.25, -0.2) is 4.98 Å². The quantitative estimate of drug-likeness (QED) is 0.700. The molecule has 2 saturated heterocycles. The van der Waals surface area contributed by atoms with Crippen molar-refractivity contribution in [3.63, 3.8) is 0 Å². The van der Waals surface area contributed by atoms with Crippen LogP contribution >= 0.6 is 0 Å². The predicted molar refractivity (Wildman–Crippen MR) is 112 cm³/mol. The molecule has 2 aromatic heterocycles. The number of aromatic nitrogens is 2. The lowest BCUT2D eigenvalue weighted by molar-refractivity contribution is -0.0855. The van der Waals surface area contributed by atoms with Crippen molar-refractivity contribution in [2.45, 2.75) is 12.6 Å². The molecule has 0 aromatic carbocycles. The van der Waals surface area contributed by atoms with Crippen molar-refractivity contribution >= 4 is 11.7 Å². The number of rotatable bonds is 6. The van der Waals surface area contributed by atoms with Crippen LogP contribution in [0.1, 0.15) is 16.1 Å². The van der Waals surface area contributed by atoms with Gasteiger partial charge >= 0.3 is 0 Å². The first kappa shape index (κ1) is 20.5. The van der Waals surface area contributed by atoms with Gasteiger partial charge in [-0.05, 0) is 24.3 Å². The van der Waals surface area contributed by atoms with Crippen LogP contribution in [0.4, 0.5) is 5.82 Å². The fourth-order valence-corrected chi connectivity index (χ4v) is 3.66. The third-order valence-corrected chi connectivity index (χ3v) is 5.33. The smallest absolute Gasteiger partial charge is 0.261 e. The van der Waals surface area contributed by atoms with E-state index in [1.54, 1.807) is 12.3 Å². The van der Waals surface area contributed by atoms with Crippen LogP contribution in [0, 0.1) is 0 Å². The average Bonchev–Trinajstić information content (AvgIpc) is 2.79. The molecule has 9 nitrogen and oxygen atoms in total. The van der Waals surface area contributed by atoms with Gasteiger partial charge in [0.2, 0.25) is 0 Å². The summed E-state index contributed by atoms with van der Waals surface area (Å²) in [4.78, 5) is 36.5. The molecule has 1 unspecified atom stereocenters. The molecular weight excluding hydrogens is 386 g/mol. The van der Waals surface area contributed by atoms with Crippen LogP contribution < -0.4 is 15.8 Å². The lowest BCUT2D eigenvalue weighted by Crippen LogP contribution is -2.46. The number of nitrogens with zero attached hydrogens (tertiary/aromatic N) is 3. The second kappa shape index (κ2) is 9.84. The van der Waals surface area contributed by atoms with Crippen LogP contribution in [0.25, 0.3) is 0 Å². The molecule has 0 bridgehead atoms. The number of nitrogens with one attached hydrogen (secondary N) is 2. The van der Waals surface area contributed by atoms with Crippen molar-refractivity contribution in [2.75, 3.05) is 57.4 Å². The van der Waals surface area contributed by atoms with E-state index < -0.39 is 5.91 Å². The van der Waals surface area contributed by atoms with Gasteiger partial charge in [0.15, 0.2) is 0 Å². The molecule has 0 saturated carbocycles. The van der Waals surface area contributed by atoms with E-state index in [1.807, 2.05) is 24.3 Å². The number of amides is 1. The SMILES string of the molecule is O=C(NCC1COCCO1)c1ccc(CN2CCN(c3ccccn3)CC2)[nH]c1=O. The summed E-state index contributed by atoms with van der Waals surface area (Å²) in [6, 6.07) is 9.32. The van der Waals surface area contributed by atoms with E-state index in [0.29, 0.717) is 32.9 Å². The third-order valence-electron chi connectivity index (χ3n) is 5.33. The summed E-state index contributed by atoms with van der Waals surface area (Å²) in [5, 5.41) is 2.74. The predicted octanol–water partition coefficient (Wildman–Crippen LogP) is 0.237. The first-order chi connectivity index (χ1) is 14.7. The highest BCUT2D eigenvalue weighted by molar-refractivity contribution is 5.93. The van der Waals surface area contributed by atoms with E-state index in [9.17, 15) is 9.59 Å². The molecule has 9 heteroatoms. The van der Waals surface area contributed by atoms with Crippen LogP contribution in [0.15, 0.2) is 41.3 Å². The summed E-state index contributed by atoms with van der Waals surface area (Å²) >= 11 is 0. The molecule has 4 heterocycles. The Bertz CT molecular complexity index is 890. The maximum Gasteiger partial charge on any atom is 0.261 e. The number of carbonyl (C=O) groups is 1. The van der Waals surface area contributed by atoms with Crippen molar-refractivity contribution in [3.05, 3.63) is 58.1 Å². The number of carbonyl (C=O) groups excluding carboxylic acids is 1. The molecule has 4 rings (SSSR count). The molecule has 1 amide bonds. The molecule has 2 aliphatic rings. The molecule has 0 aliphatic carbocycles. The highest BCUT2D eigenvalue weighted by atomic mass is 16.6. The van der Waals surface area contributed by atoms with Crippen molar-refractivity contribution in [3.8, 4) is 0 Å². The Balaban J connectivity index is 1.28. The van der Waals surface area contributed by atoms with Crippen LogP contribution in [0.3, 0.4) is 0 Å². The minimum Gasteiger partial charge on any atom is -0.376 e. The van der Waals surface area contributed by atoms with Gasteiger partial charge in [0.1, 0.15) is 11.4 Å². The summed E-state index contributed by atoms with van der Waals surface area (Å²) in [6.07, 6.45) is 1.63. The van der Waals surface area contributed by atoms with Gasteiger partial charge in [0.05, 0.1) is 25.9 Å². The number of H-pyrrole nitrogens is 1. The summed E-state index contributed by atoms with van der Waals surface area (Å²) in [6.45, 7) is 6.03. The number of hydrogen-bond acceptors (Lipinski definition) is 7. The van der Waals surface area contributed by atoms with Gasteiger partial charge in [0, 0.05) is 51.2 Å². The third kappa shape index (κ3) is 5.24. The minimum absolute atomic E-state index is 0.107. The monoisotopic (exact) mass is 413 g/mol. The first-order valence-corrected chi connectivity index (χ1v) is 10.3. The van der Waals surface area contributed by atoms with Gasteiger partial charge in [0.25, 0.3) is 11.5 Å². The zero-order chi connectivity index (χ0) is 20.8. The normalized spacial score (nSPS) is 20.1. The zero-order valence-electron chi connectivity index (χ0n) is 16.9. The summed E-state index contributed by atoms with van der Waals surface area (Å²) in [5.74, 6) is 0.590. The van der Waals surface area contributed by atoms with Crippen molar-refractivity contribution in [1.82, 2.24) is 20.2 Å². The van der Waals surface area contributed by atoms with Gasteiger partial charge < -0.3 is 24.7 Å². The Hall–Kier alpha value is -2.75. The fraction of sp³-hybridized carbons (Fsp3) is 0.476. The number of aromatic amines is 1. The molecule has 0 spiro atoms. The molecule has 30 heavy (non-hydrogen) atoms. The zero-order valence-corrected chi connectivity index (χ0v) is 16.9. The summed E-state index contributed by atoms with van der Waals surface area (Å²) in [5.41, 5.74) is 0.528. The maximum atomic E-state index is 12.4. The highest BCUT2D eigenvalue weighted by Crippen LogP contribution is 2.13. The Kier molecular flexibility index (Phi) is 6.73. The summed E-state index contributed by atoms with van der Waals surface area (Å²) < 4.78 is 10.8. The molecule has 2 N–H and O–H groups in total. The molecular formula is C21H27N5O4. The van der Waals surface area contributed by atoms with Crippen LogP contribution in [0.5, 0.6) is 0 Å². The second-order valence-electron chi connectivity index (χ2n) is 7.46. The standard InChI is InChI=1S/C21H27N5O4/c27-20(23-13-17-15-29-11-12-30-17)18-5-4-16(24-21(18)28)14-25-7-9-26(10-8-25)19-3-1-2-6-22-19/h1-6,17H,7-15H2,(H,23,27)(H,24,28). The van der Waals surface area contributed by atoms with Gasteiger partial charge in [-0.3, -0.25) is 14.5 Å². The molecule has 2 aliphatic heterocycles. The lowest BCUT2D eigenvalue weighted by atomic mass is 10.2. The van der Waals surface area contributed by atoms with Crippen LogP contribution in [0.2, 0.25) is 0 Å². The molecule has 0 radical (unpaired) electrons.